The molecule has 2 radical (unpaired) electrons. The lowest BCUT2D eigenvalue weighted by Crippen LogP contribution is -2.38. The summed E-state index contributed by atoms with van der Waals surface area (Å²) in [6.07, 6.45) is 0. The van der Waals surface area contributed by atoms with E-state index in [1.807, 2.05) is 0 Å². The van der Waals surface area contributed by atoms with E-state index in [4.69, 9.17) is 8.05 Å². The maximum Gasteiger partial charge on any atom is 0.378 e. The SMILES string of the molecule is [B]OC(=O)C(O)(c1ccccc1)c1ccccc1. The van der Waals surface area contributed by atoms with Gasteiger partial charge in [0.15, 0.2) is 0 Å². The highest BCUT2D eigenvalue weighted by Gasteiger charge is 2.40. The van der Waals surface area contributed by atoms with Gasteiger partial charge in [-0.1, -0.05) is 60.7 Å². The fourth-order valence-corrected chi connectivity index (χ4v) is 1.85. The highest BCUT2D eigenvalue weighted by Crippen LogP contribution is 2.30. The Kier molecular flexibility index (Phi) is 3.49. The van der Waals surface area contributed by atoms with Crippen LogP contribution in [0.3, 0.4) is 0 Å². The van der Waals surface area contributed by atoms with E-state index >= 15 is 0 Å². The summed E-state index contributed by atoms with van der Waals surface area (Å²) in [4.78, 5) is 11.8. The molecule has 0 amide bonds. The van der Waals surface area contributed by atoms with Gasteiger partial charge in [0.05, 0.1) is 0 Å². The summed E-state index contributed by atoms with van der Waals surface area (Å²) in [5.74, 6) is -0.917. The third-order valence-electron chi connectivity index (χ3n) is 2.79. The molecular formula is C14H11BO3. The quantitative estimate of drug-likeness (QED) is 0.825. The van der Waals surface area contributed by atoms with Crippen LogP contribution in [0.1, 0.15) is 11.1 Å². The van der Waals surface area contributed by atoms with E-state index < -0.39 is 11.6 Å². The molecule has 88 valence electrons. The minimum atomic E-state index is -1.89. The standard InChI is InChI=1S/C14H11BO3/c15-18-13(16)14(17,11-7-3-1-4-8-11)12-9-5-2-6-10-12/h1-10,17H. The summed E-state index contributed by atoms with van der Waals surface area (Å²) in [5.41, 5.74) is -1.07. The Labute approximate surface area is 106 Å². The topological polar surface area (TPSA) is 46.5 Å². The zero-order chi connectivity index (χ0) is 13.0. The second-order valence-corrected chi connectivity index (χ2v) is 3.85. The first-order valence-electron chi connectivity index (χ1n) is 5.44. The largest absolute Gasteiger partial charge is 0.541 e. The van der Waals surface area contributed by atoms with E-state index in [-0.39, 0.29) is 0 Å². The van der Waals surface area contributed by atoms with Crippen LogP contribution in [-0.2, 0) is 15.0 Å². The molecule has 0 saturated carbocycles. The molecule has 3 nitrogen and oxygen atoms in total. The van der Waals surface area contributed by atoms with E-state index in [0.29, 0.717) is 11.1 Å². The summed E-state index contributed by atoms with van der Waals surface area (Å²) in [7, 11) is 4.92. The van der Waals surface area contributed by atoms with Crippen LogP contribution < -0.4 is 0 Å². The van der Waals surface area contributed by atoms with Crippen molar-refractivity contribution < 1.29 is 14.6 Å². The molecule has 0 aliphatic rings. The molecule has 0 saturated heterocycles. The molecule has 1 N–H and O–H groups in total. The second kappa shape index (κ2) is 5.06. The predicted molar refractivity (Wildman–Crippen MR) is 67.7 cm³/mol. The number of hydrogen-bond donors (Lipinski definition) is 1. The minimum absolute atomic E-state index is 0.409. The van der Waals surface area contributed by atoms with Crippen LogP contribution in [0.25, 0.3) is 0 Å². The Morgan fingerprint density at radius 1 is 0.944 bits per heavy atom. The van der Waals surface area contributed by atoms with Gasteiger partial charge < -0.3 is 9.76 Å². The first kappa shape index (κ1) is 12.4. The van der Waals surface area contributed by atoms with Gasteiger partial charge in [-0.05, 0) is 11.1 Å². The first-order chi connectivity index (χ1) is 8.69. The lowest BCUT2D eigenvalue weighted by Gasteiger charge is -2.26. The van der Waals surface area contributed by atoms with Gasteiger partial charge in [-0.25, -0.2) is 4.79 Å². The van der Waals surface area contributed by atoms with Crippen molar-refractivity contribution >= 4 is 14.0 Å². The molecule has 0 unspecified atom stereocenters. The van der Waals surface area contributed by atoms with Crippen molar-refractivity contribution in [1.29, 1.82) is 0 Å². The third kappa shape index (κ3) is 2.02. The molecule has 2 aromatic carbocycles. The summed E-state index contributed by atoms with van der Waals surface area (Å²) >= 11 is 0. The molecule has 0 aliphatic carbocycles. The number of carbonyl (C=O) groups is 1. The number of aliphatic hydroxyl groups is 1. The number of rotatable bonds is 3. The molecule has 0 fully saturated rings. The molecule has 0 aliphatic heterocycles. The van der Waals surface area contributed by atoms with Crippen molar-refractivity contribution in [3.8, 4) is 0 Å². The zero-order valence-electron chi connectivity index (χ0n) is 9.61. The zero-order valence-corrected chi connectivity index (χ0v) is 9.61. The number of benzene rings is 2. The van der Waals surface area contributed by atoms with Gasteiger partial charge in [0.25, 0.3) is 0 Å². The van der Waals surface area contributed by atoms with E-state index in [1.54, 1.807) is 60.7 Å². The van der Waals surface area contributed by atoms with Gasteiger partial charge in [-0.15, -0.1) is 0 Å². The highest BCUT2D eigenvalue weighted by molar-refractivity contribution is 6.07. The van der Waals surface area contributed by atoms with Crippen LogP contribution in [0.2, 0.25) is 0 Å². The summed E-state index contributed by atoms with van der Waals surface area (Å²) < 4.78 is 4.24. The van der Waals surface area contributed by atoms with Crippen molar-refractivity contribution in [2.75, 3.05) is 0 Å². The van der Waals surface area contributed by atoms with Crippen LogP contribution in [0.5, 0.6) is 0 Å². The van der Waals surface area contributed by atoms with Crippen molar-refractivity contribution in [2.45, 2.75) is 5.60 Å². The minimum Gasteiger partial charge on any atom is -0.541 e. The summed E-state index contributed by atoms with van der Waals surface area (Å²) in [6.45, 7) is 0. The summed E-state index contributed by atoms with van der Waals surface area (Å²) in [5, 5.41) is 10.7. The van der Waals surface area contributed by atoms with Gasteiger partial charge >= 0.3 is 14.0 Å². The molecule has 4 heteroatoms. The van der Waals surface area contributed by atoms with Crippen molar-refractivity contribution in [3.63, 3.8) is 0 Å². The Bertz CT molecular complexity index is 486. The molecule has 0 atom stereocenters. The average molecular weight is 238 g/mol. The normalized spacial score (nSPS) is 10.9. The van der Waals surface area contributed by atoms with Crippen LogP contribution in [0, 0.1) is 0 Å². The van der Waals surface area contributed by atoms with Crippen molar-refractivity contribution in [1.82, 2.24) is 0 Å². The molecule has 0 heterocycles. The van der Waals surface area contributed by atoms with E-state index in [9.17, 15) is 9.90 Å². The second-order valence-electron chi connectivity index (χ2n) is 3.85. The Hall–Kier alpha value is -2.07. The molecule has 2 rings (SSSR count). The predicted octanol–water partition coefficient (Wildman–Crippen LogP) is 1.55. The Balaban J connectivity index is 2.59. The smallest absolute Gasteiger partial charge is 0.378 e. The maximum atomic E-state index is 11.8. The van der Waals surface area contributed by atoms with Gasteiger partial charge in [0.1, 0.15) is 0 Å². The number of carbonyl (C=O) groups excluding carboxylic acids is 1. The Morgan fingerprint density at radius 2 is 1.33 bits per heavy atom. The van der Waals surface area contributed by atoms with Crippen LogP contribution in [0.15, 0.2) is 60.7 Å². The molecular weight excluding hydrogens is 227 g/mol. The van der Waals surface area contributed by atoms with Gasteiger partial charge in [0, 0.05) is 0 Å². The van der Waals surface area contributed by atoms with E-state index in [0.717, 1.165) is 0 Å². The van der Waals surface area contributed by atoms with Crippen LogP contribution >= 0.6 is 0 Å². The molecule has 0 bridgehead atoms. The van der Waals surface area contributed by atoms with Gasteiger partial charge in [0.2, 0.25) is 5.60 Å². The van der Waals surface area contributed by atoms with E-state index in [1.165, 1.54) is 0 Å². The number of hydrogen-bond acceptors (Lipinski definition) is 3. The molecule has 0 aromatic heterocycles. The third-order valence-corrected chi connectivity index (χ3v) is 2.79. The monoisotopic (exact) mass is 238 g/mol. The molecule has 2 aromatic rings. The van der Waals surface area contributed by atoms with Crippen LogP contribution in [-0.4, -0.2) is 19.1 Å². The van der Waals surface area contributed by atoms with Crippen molar-refractivity contribution in [2.24, 2.45) is 0 Å². The lowest BCUT2D eigenvalue weighted by atomic mass is 9.86. The average Bonchev–Trinajstić information content (AvgIpc) is 2.47. The van der Waals surface area contributed by atoms with Crippen LogP contribution in [0.4, 0.5) is 0 Å². The van der Waals surface area contributed by atoms with Gasteiger partial charge in [-0.3, -0.25) is 0 Å². The lowest BCUT2D eigenvalue weighted by molar-refractivity contribution is -0.151. The summed E-state index contributed by atoms with van der Waals surface area (Å²) in [6, 6.07) is 17.1. The van der Waals surface area contributed by atoms with E-state index in [2.05, 4.69) is 4.65 Å². The van der Waals surface area contributed by atoms with Crippen molar-refractivity contribution in [3.05, 3.63) is 71.8 Å². The maximum absolute atomic E-state index is 11.8. The fourth-order valence-electron chi connectivity index (χ4n) is 1.85. The highest BCUT2D eigenvalue weighted by atomic mass is 16.5. The Morgan fingerprint density at radius 3 is 1.67 bits per heavy atom. The van der Waals surface area contributed by atoms with Gasteiger partial charge in [-0.2, -0.15) is 0 Å². The molecule has 18 heavy (non-hydrogen) atoms. The first-order valence-corrected chi connectivity index (χ1v) is 5.44. The molecule has 0 spiro atoms. The fraction of sp³-hybridized carbons (Fsp3) is 0.0714.